The number of carbonyl (C=O) groups excluding carboxylic acids is 1. The minimum atomic E-state index is -0.478. The highest BCUT2D eigenvalue weighted by Gasteiger charge is 2.33. The zero-order valence-electron chi connectivity index (χ0n) is 12.1. The Kier molecular flexibility index (Phi) is 3.43. The van der Waals surface area contributed by atoms with Gasteiger partial charge < -0.3 is 14.2 Å². The standard InChI is InChI=1S/C15H20O4/c1-9(2)18-14-7-12-10(6-13(14)17-5)11(16)8-15(3,4)19-12/h6-7,9H,8H2,1-5H3. The van der Waals surface area contributed by atoms with Crippen LogP contribution in [0.15, 0.2) is 12.1 Å². The summed E-state index contributed by atoms with van der Waals surface area (Å²) in [6.45, 7) is 7.69. The van der Waals surface area contributed by atoms with Crippen LogP contribution in [0.4, 0.5) is 0 Å². The summed E-state index contributed by atoms with van der Waals surface area (Å²) in [7, 11) is 1.56. The van der Waals surface area contributed by atoms with Gasteiger partial charge in [0.2, 0.25) is 0 Å². The van der Waals surface area contributed by atoms with Gasteiger partial charge in [-0.25, -0.2) is 0 Å². The molecule has 0 saturated carbocycles. The number of fused-ring (bicyclic) bond motifs is 1. The Hall–Kier alpha value is -1.71. The van der Waals surface area contributed by atoms with E-state index in [1.54, 1.807) is 19.2 Å². The smallest absolute Gasteiger partial charge is 0.170 e. The molecule has 4 heteroatoms. The van der Waals surface area contributed by atoms with Gasteiger partial charge in [0, 0.05) is 6.07 Å². The molecule has 0 spiro atoms. The van der Waals surface area contributed by atoms with E-state index >= 15 is 0 Å². The summed E-state index contributed by atoms with van der Waals surface area (Å²) >= 11 is 0. The summed E-state index contributed by atoms with van der Waals surface area (Å²) in [5.41, 5.74) is 0.0839. The van der Waals surface area contributed by atoms with Crippen LogP contribution in [0.2, 0.25) is 0 Å². The van der Waals surface area contributed by atoms with Crippen molar-refractivity contribution in [2.75, 3.05) is 7.11 Å². The Bertz CT molecular complexity index is 503. The minimum absolute atomic E-state index is 0.0271. The van der Waals surface area contributed by atoms with Crippen molar-refractivity contribution in [2.45, 2.75) is 45.8 Å². The Morgan fingerprint density at radius 3 is 2.53 bits per heavy atom. The molecule has 19 heavy (non-hydrogen) atoms. The monoisotopic (exact) mass is 264 g/mol. The van der Waals surface area contributed by atoms with Crippen molar-refractivity contribution in [1.82, 2.24) is 0 Å². The second-order valence-corrected chi connectivity index (χ2v) is 5.63. The highest BCUT2D eigenvalue weighted by Crippen LogP contribution is 2.40. The molecule has 0 aliphatic carbocycles. The average Bonchev–Trinajstić information content (AvgIpc) is 2.25. The summed E-state index contributed by atoms with van der Waals surface area (Å²) in [4.78, 5) is 12.1. The Morgan fingerprint density at radius 1 is 1.26 bits per heavy atom. The normalized spacial score (nSPS) is 16.8. The Morgan fingerprint density at radius 2 is 1.95 bits per heavy atom. The topological polar surface area (TPSA) is 44.8 Å². The molecule has 0 amide bonds. The maximum Gasteiger partial charge on any atom is 0.170 e. The molecule has 0 fully saturated rings. The lowest BCUT2D eigenvalue weighted by atomic mass is 9.93. The van der Waals surface area contributed by atoms with Gasteiger partial charge in [-0.3, -0.25) is 4.79 Å². The van der Waals surface area contributed by atoms with Crippen molar-refractivity contribution in [3.05, 3.63) is 17.7 Å². The number of hydrogen-bond donors (Lipinski definition) is 0. The van der Waals surface area contributed by atoms with Crippen LogP contribution in [0.1, 0.15) is 44.5 Å². The first-order valence-electron chi connectivity index (χ1n) is 6.43. The molecule has 0 unspecified atom stereocenters. The molecule has 0 atom stereocenters. The van der Waals surface area contributed by atoms with Gasteiger partial charge in [-0.2, -0.15) is 0 Å². The van der Waals surface area contributed by atoms with Gasteiger partial charge in [0.15, 0.2) is 17.3 Å². The largest absolute Gasteiger partial charge is 0.493 e. The molecule has 1 aliphatic rings. The summed E-state index contributed by atoms with van der Waals surface area (Å²) in [6.07, 6.45) is 0.396. The van der Waals surface area contributed by atoms with Crippen LogP contribution < -0.4 is 14.2 Å². The van der Waals surface area contributed by atoms with Crippen LogP contribution in [0, 0.1) is 0 Å². The first kappa shape index (κ1) is 13.7. The van der Waals surface area contributed by atoms with E-state index < -0.39 is 5.60 Å². The first-order valence-corrected chi connectivity index (χ1v) is 6.43. The molecule has 0 N–H and O–H groups in total. The van der Waals surface area contributed by atoms with Gasteiger partial charge in [-0.05, 0) is 33.8 Å². The molecule has 1 heterocycles. The van der Waals surface area contributed by atoms with E-state index in [2.05, 4.69) is 0 Å². The molecule has 0 aromatic heterocycles. The van der Waals surface area contributed by atoms with E-state index in [1.807, 2.05) is 27.7 Å². The average molecular weight is 264 g/mol. The SMILES string of the molecule is COc1cc2c(cc1OC(C)C)OC(C)(C)CC2=O. The minimum Gasteiger partial charge on any atom is -0.493 e. The molecule has 1 aromatic rings. The molecule has 1 aromatic carbocycles. The fraction of sp³-hybridized carbons (Fsp3) is 0.533. The van der Waals surface area contributed by atoms with Crippen molar-refractivity contribution < 1.29 is 19.0 Å². The first-order chi connectivity index (χ1) is 8.82. The summed E-state index contributed by atoms with van der Waals surface area (Å²) in [5.74, 6) is 1.80. The lowest BCUT2D eigenvalue weighted by molar-refractivity contribution is 0.0616. The zero-order valence-corrected chi connectivity index (χ0v) is 12.1. The van der Waals surface area contributed by atoms with E-state index in [4.69, 9.17) is 14.2 Å². The maximum absolute atomic E-state index is 12.1. The van der Waals surface area contributed by atoms with Crippen LogP contribution in [-0.4, -0.2) is 24.6 Å². The van der Waals surface area contributed by atoms with Gasteiger partial charge in [-0.1, -0.05) is 0 Å². The van der Waals surface area contributed by atoms with Crippen molar-refractivity contribution in [3.63, 3.8) is 0 Å². The fourth-order valence-corrected chi connectivity index (χ4v) is 2.16. The highest BCUT2D eigenvalue weighted by molar-refractivity contribution is 6.01. The lowest BCUT2D eigenvalue weighted by Crippen LogP contribution is -2.35. The molecule has 0 bridgehead atoms. The lowest BCUT2D eigenvalue weighted by Gasteiger charge is -2.32. The van der Waals surface area contributed by atoms with Crippen LogP contribution in [0.25, 0.3) is 0 Å². The van der Waals surface area contributed by atoms with Crippen molar-refractivity contribution in [2.24, 2.45) is 0 Å². The van der Waals surface area contributed by atoms with Crippen molar-refractivity contribution in [1.29, 1.82) is 0 Å². The number of carbonyl (C=O) groups is 1. The third-order valence-corrected chi connectivity index (χ3v) is 2.90. The van der Waals surface area contributed by atoms with Crippen molar-refractivity contribution >= 4 is 5.78 Å². The van der Waals surface area contributed by atoms with Crippen LogP contribution in [-0.2, 0) is 0 Å². The number of ether oxygens (including phenoxy) is 3. The number of ketones is 1. The van der Waals surface area contributed by atoms with Crippen LogP contribution in [0.3, 0.4) is 0 Å². The summed E-state index contributed by atoms with van der Waals surface area (Å²) in [5, 5.41) is 0. The molecule has 2 rings (SSSR count). The predicted molar refractivity (Wildman–Crippen MR) is 72.4 cm³/mol. The third-order valence-electron chi connectivity index (χ3n) is 2.90. The Balaban J connectivity index is 2.48. The van der Waals surface area contributed by atoms with E-state index in [1.165, 1.54) is 0 Å². The van der Waals surface area contributed by atoms with Gasteiger partial charge in [-0.15, -0.1) is 0 Å². The second kappa shape index (κ2) is 4.76. The molecule has 4 nitrogen and oxygen atoms in total. The number of rotatable bonds is 3. The quantitative estimate of drug-likeness (QED) is 0.840. The van der Waals surface area contributed by atoms with E-state index in [0.717, 1.165) is 0 Å². The predicted octanol–water partition coefficient (Wildman–Crippen LogP) is 3.23. The summed E-state index contributed by atoms with van der Waals surface area (Å²) < 4.78 is 16.8. The molecular formula is C15H20O4. The third kappa shape index (κ3) is 2.83. The molecule has 0 saturated heterocycles. The van der Waals surface area contributed by atoms with Crippen LogP contribution >= 0.6 is 0 Å². The van der Waals surface area contributed by atoms with Gasteiger partial charge in [0.05, 0.1) is 25.2 Å². The number of Topliss-reactive ketones (excluding diaryl/α,β-unsaturated/α-hetero) is 1. The number of methoxy groups -OCH3 is 1. The van der Waals surface area contributed by atoms with E-state index in [9.17, 15) is 4.79 Å². The second-order valence-electron chi connectivity index (χ2n) is 5.63. The molecule has 104 valence electrons. The molecule has 1 aliphatic heterocycles. The van der Waals surface area contributed by atoms with Gasteiger partial charge in [0.25, 0.3) is 0 Å². The fourth-order valence-electron chi connectivity index (χ4n) is 2.16. The van der Waals surface area contributed by atoms with Crippen LogP contribution in [0.5, 0.6) is 17.2 Å². The zero-order chi connectivity index (χ0) is 14.2. The summed E-state index contributed by atoms with van der Waals surface area (Å²) in [6, 6.07) is 3.44. The van der Waals surface area contributed by atoms with Gasteiger partial charge >= 0.3 is 0 Å². The van der Waals surface area contributed by atoms with E-state index in [0.29, 0.717) is 29.2 Å². The van der Waals surface area contributed by atoms with E-state index in [-0.39, 0.29) is 11.9 Å². The van der Waals surface area contributed by atoms with Crippen molar-refractivity contribution in [3.8, 4) is 17.2 Å². The highest BCUT2D eigenvalue weighted by atomic mass is 16.5. The number of hydrogen-bond acceptors (Lipinski definition) is 4. The number of benzene rings is 1. The molecular weight excluding hydrogens is 244 g/mol. The molecule has 0 radical (unpaired) electrons. The maximum atomic E-state index is 12.1. The van der Waals surface area contributed by atoms with Gasteiger partial charge in [0.1, 0.15) is 11.4 Å². The Labute approximate surface area is 113 Å².